The molecule has 24 heavy (non-hydrogen) atoms. The standard InChI is InChI=1S/C17H22FNO5/c1-17(2,3)24-16(22)19-8-6-12(7-9-19)23-14-10-11(18)4-5-13(14)15(20)21/h4-5,10,12H,6-9H2,1-3H3,(H,20,21). The van der Waals surface area contributed by atoms with E-state index >= 15 is 0 Å². The summed E-state index contributed by atoms with van der Waals surface area (Å²) < 4.78 is 24.3. The van der Waals surface area contributed by atoms with E-state index in [0.29, 0.717) is 25.9 Å². The number of carboxylic acid groups (broad SMARTS) is 1. The van der Waals surface area contributed by atoms with Crippen molar-refractivity contribution in [1.82, 2.24) is 4.90 Å². The molecule has 132 valence electrons. The number of rotatable bonds is 3. The summed E-state index contributed by atoms with van der Waals surface area (Å²) >= 11 is 0. The normalized spacial score (nSPS) is 15.9. The Kier molecular flexibility index (Phi) is 5.31. The predicted molar refractivity (Wildman–Crippen MR) is 84.8 cm³/mol. The van der Waals surface area contributed by atoms with E-state index in [0.717, 1.165) is 12.1 Å². The number of ether oxygens (including phenoxy) is 2. The van der Waals surface area contributed by atoms with Crippen LogP contribution in [-0.2, 0) is 4.74 Å². The molecule has 1 amide bonds. The summed E-state index contributed by atoms with van der Waals surface area (Å²) in [5.74, 6) is -1.71. The predicted octanol–water partition coefficient (Wildman–Crippen LogP) is 3.30. The van der Waals surface area contributed by atoms with E-state index in [-0.39, 0.29) is 23.5 Å². The molecule has 2 rings (SSSR count). The molecule has 6 nitrogen and oxygen atoms in total. The topological polar surface area (TPSA) is 76.1 Å². The molecule has 1 fully saturated rings. The minimum absolute atomic E-state index is 0.0122. The number of nitrogens with zero attached hydrogens (tertiary/aromatic N) is 1. The molecule has 1 saturated heterocycles. The van der Waals surface area contributed by atoms with Gasteiger partial charge in [0.2, 0.25) is 0 Å². The van der Waals surface area contributed by atoms with Crippen LogP contribution in [0.3, 0.4) is 0 Å². The van der Waals surface area contributed by atoms with Gasteiger partial charge < -0.3 is 19.5 Å². The van der Waals surface area contributed by atoms with Crippen LogP contribution >= 0.6 is 0 Å². The summed E-state index contributed by atoms with van der Waals surface area (Å²) in [7, 11) is 0. The van der Waals surface area contributed by atoms with Gasteiger partial charge in [0.25, 0.3) is 0 Å². The number of benzene rings is 1. The zero-order valence-corrected chi connectivity index (χ0v) is 14.0. The molecule has 0 aromatic heterocycles. The van der Waals surface area contributed by atoms with Gasteiger partial charge in [0.1, 0.15) is 28.8 Å². The highest BCUT2D eigenvalue weighted by Gasteiger charge is 2.28. The van der Waals surface area contributed by atoms with Gasteiger partial charge in [0, 0.05) is 32.0 Å². The molecule has 1 N–H and O–H groups in total. The van der Waals surface area contributed by atoms with E-state index in [1.54, 1.807) is 25.7 Å². The molecular weight excluding hydrogens is 317 g/mol. The van der Waals surface area contributed by atoms with Crippen LogP contribution < -0.4 is 4.74 Å². The van der Waals surface area contributed by atoms with Crippen LogP contribution in [0.2, 0.25) is 0 Å². The van der Waals surface area contributed by atoms with Gasteiger partial charge in [-0.3, -0.25) is 0 Å². The van der Waals surface area contributed by atoms with Crippen LogP contribution in [0.4, 0.5) is 9.18 Å². The largest absolute Gasteiger partial charge is 0.489 e. The second-order valence-corrected chi connectivity index (χ2v) is 6.73. The zero-order chi connectivity index (χ0) is 17.9. The Labute approximate surface area is 140 Å². The molecule has 1 aromatic rings. The van der Waals surface area contributed by atoms with Crippen molar-refractivity contribution >= 4 is 12.1 Å². The Balaban J connectivity index is 1.95. The van der Waals surface area contributed by atoms with Gasteiger partial charge in [-0.1, -0.05) is 0 Å². The molecule has 1 aliphatic rings. The molecule has 1 heterocycles. The first-order valence-corrected chi connectivity index (χ1v) is 7.83. The Morgan fingerprint density at radius 3 is 2.42 bits per heavy atom. The Morgan fingerprint density at radius 2 is 1.88 bits per heavy atom. The van der Waals surface area contributed by atoms with Crippen molar-refractivity contribution in [2.75, 3.05) is 13.1 Å². The van der Waals surface area contributed by atoms with Gasteiger partial charge in [-0.2, -0.15) is 0 Å². The van der Waals surface area contributed by atoms with Crippen molar-refractivity contribution in [3.63, 3.8) is 0 Å². The lowest BCUT2D eigenvalue weighted by Gasteiger charge is -2.33. The number of amides is 1. The number of hydrogen-bond donors (Lipinski definition) is 1. The second-order valence-electron chi connectivity index (χ2n) is 6.73. The Morgan fingerprint density at radius 1 is 1.25 bits per heavy atom. The average molecular weight is 339 g/mol. The fourth-order valence-electron chi connectivity index (χ4n) is 2.43. The Bertz CT molecular complexity index is 618. The van der Waals surface area contributed by atoms with Crippen molar-refractivity contribution in [2.45, 2.75) is 45.3 Å². The number of halogens is 1. The zero-order valence-electron chi connectivity index (χ0n) is 14.0. The maximum Gasteiger partial charge on any atom is 0.410 e. The number of aromatic carboxylic acids is 1. The first-order chi connectivity index (χ1) is 11.2. The fraction of sp³-hybridized carbons (Fsp3) is 0.529. The van der Waals surface area contributed by atoms with Gasteiger partial charge in [-0.25, -0.2) is 14.0 Å². The van der Waals surface area contributed by atoms with E-state index in [9.17, 15) is 14.0 Å². The van der Waals surface area contributed by atoms with Crippen LogP contribution in [0, 0.1) is 5.82 Å². The summed E-state index contributed by atoms with van der Waals surface area (Å²) in [4.78, 5) is 24.8. The highest BCUT2D eigenvalue weighted by molar-refractivity contribution is 5.90. The third-order valence-electron chi connectivity index (χ3n) is 3.56. The molecule has 0 atom stereocenters. The number of hydrogen-bond acceptors (Lipinski definition) is 4. The number of carbonyl (C=O) groups excluding carboxylic acids is 1. The molecule has 7 heteroatoms. The van der Waals surface area contributed by atoms with Crippen molar-refractivity contribution in [3.05, 3.63) is 29.6 Å². The number of carbonyl (C=O) groups is 2. The average Bonchev–Trinajstić information content (AvgIpc) is 2.46. The van der Waals surface area contributed by atoms with Gasteiger partial charge in [0.15, 0.2) is 0 Å². The molecule has 1 aliphatic heterocycles. The summed E-state index contributed by atoms with van der Waals surface area (Å²) in [6.07, 6.45) is 0.394. The minimum Gasteiger partial charge on any atom is -0.489 e. The minimum atomic E-state index is -1.17. The highest BCUT2D eigenvalue weighted by Crippen LogP contribution is 2.25. The van der Waals surface area contributed by atoms with E-state index < -0.39 is 17.4 Å². The molecular formula is C17H22FNO5. The SMILES string of the molecule is CC(C)(C)OC(=O)N1CCC(Oc2cc(F)ccc2C(=O)O)CC1. The third kappa shape index (κ3) is 4.84. The molecule has 0 bridgehead atoms. The quantitative estimate of drug-likeness (QED) is 0.914. The van der Waals surface area contributed by atoms with E-state index in [4.69, 9.17) is 14.6 Å². The van der Waals surface area contributed by atoms with Crippen molar-refractivity contribution in [3.8, 4) is 5.75 Å². The first kappa shape index (κ1) is 18.0. The summed E-state index contributed by atoms with van der Waals surface area (Å²) in [5, 5.41) is 9.14. The lowest BCUT2D eigenvalue weighted by atomic mass is 10.1. The lowest BCUT2D eigenvalue weighted by Crippen LogP contribution is -2.44. The smallest absolute Gasteiger partial charge is 0.410 e. The lowest BCUT2D eigenvalue weighted by molar-refractivity contribution is 0.0126. The van der Waals surface area contributed by atoms with E-state index in [1.807, 2.05) is 0 Å². The van der Waals surface area contributed by atoms with E-state index in [1.165, 1.54) is 6.07 Å². The summed E-state index contributed by atoms with van der Waals surface area (Å²) in [6, 6.07) is 3.34. The van der Waals surface area contributed by atoms with Gasteiger partial charge >= 0.3 is 12.1 Å². The van der Waals surface area contributed by atoms with Gasteiger partial charge in [-0.15, -0.1) is 0 Å². The van der Waals surface area contributed by atoms with Crippen LogP contribution in [0.1, 0.15) is 44.0 Å². The second kappa shape index (κ2) is 7.07. The first-order valence-electron chi connectivity index (χ1n) is 7.83. The summed E-state index contributed by atoms with van der Waals surface area (Å²) in [5.41, 5.74) is -0.631. The van der Waals surface area contributed by atoms with Crippen LogP contribution in [0.15, 0.2) is 18.2 Å². The number of carboxylic acids is 1. The maximum atomic E-state index is 13.3. The molecule has 0 saturated carbocycles. The molecule has 0 spiro atoms. The van der Waals surface area contributed by atoms with Crippen LogP contribution in [-0.4, -0.2) is 46.9 Å². The van der Waals surface area contributed by atoms with Crippen LogP contribution in [0.5, 0.6) is 5.75 Å². The number of likely N-dealkylation sites (tertiary alicyclic amines) is 1. The molecule has 1 aromatic carbocycles. The third-order valence-corrected chi connectivity index (χ3v) is 3.56. The maximum absolute atomic E-state index is 13.3. The molecule has 0 unspecified atom stereocenters. The highest BCUT2D eigenvalue weighted by atomic mass is 19.1. The van der Waals surface area contributed by atoms with Crippen molar-refractivity contribution < 1.29 is 28.6 Å². The number of piperidine rings is 1. The summed E-state index contributed by atoms with van der Waals surface area (Å²) in [6.45, 7) is 6.29. The van der Waals surface area contributed by atoms with Crippen molar-refractivity contribution in [1.29, 1.82) is 0 Å². The van der Waals surface area contributed by atoms with Crippen LogP contribution in [0.25, 0.3) is 0 Å². The van der Waals surface area contributed by atoms with Gasteiger partial charge in [-0.05, 0) is 32.9 Å². The fourth-order valence-corrected chi connectivity index (χ4v) is 2.43. The molecule has 0 radical (unpaired) electrons. The van der Waals surface area contributed by atoms with E-state index in [2.05, 4.69) is 0 Å². The monoisotopic (exact) mass is 339 g/mol. The van der Waals surface area contributed by atoms with Gasteiger partial charge in [0.05, 0.1) is 0 Å². The molecule has 0 aliphatic carbocycles. The van der Waals surface area contributed by atoms with Crippen molar-refractivity contribution in [2.24, 2.45) is 0 Å². The Hall–Kier alpha value is -2.31.